The number of carbonyl (C=O) groups is 1. The molecule has 0 aliphatic heterocycles. The second-order valence-corrected chi connectivity index (χ2v) is 7.75. The molecular formula is C15H25N3O3S. The summed E-state index contributed by atoms with van der Waals surface area (Å²) in [5.74, 6) is -0.335. The molecule has 0 unspecified atom stereocenters. The Morgan fingerprint density at radius 2 is 1.82 bits per heavy atom. The summed E-state index contributed by atoms with van der Waals surface area (Å²) < 4.78 is 24.7. The van der Waals surface area contributed by atoms with Crippen molar-refractivity contribution in [3.05, 3.63) is 29.3 Å². The third-order valence-electron chi connectivity index (χ3n) is 3.25. The van der Waals surface area contributed by atoms with Crippen molar-refractivity contribution in [1.29, 1.82) is 0 Å². The van der Waals surface area contributed by atoms with Crippen LogP contribution in [0.25, 0.3) is 0 Å². The second kappa shape index (κ2) is 7.71. The molecular weight excluding hydrogens is 302 g/mol. The highest BCUT2D eigenvalue weighted by Crippen LogP contribution is 2.16. The molecule has 1 rings (SSSR count). The van der Waals surface area contributed by atoms with Gasteiger partial charge in [-0.3, -0.25) is 4.79 Å². The number of anilines is 1. The van der Waals surface area contributed by atoms with E-state index in [2.05, 4.69) is 5.32 Å². The van der Waals surface area contributed by atoms with Gasteiger partial charge in [-0.2, -0.15) is 4.31 Å². The van der Waals surface area contributed by atoms with Gasteiger partial charge in [-0.05, 0) is 45.1 Å². The van der Waals surface area contributed by atoms with Crippen LogP contribution in [-0.4, -0.2) is 63.5 Å². The average Bonchev–Trinajstić information content (AvgIpc) is 2.37. The maximum Gasteiger partial charge on any atom is 0.239 e. The first kappa shape index (κ1) is 18.6. The molecule has 0 saturated carbocycles. The zero-order valence-electron chi connectivity index (χ0n) is 13.9. The normalized spacial score (nSPS) is 12.0. The maximum atomic E-state index is 12.1. The number of rotatable bonds is 7. The zero-order valence-corrected chi connectivity index (χ0v) is 14.7. The standard InChI is InChI=1S/C15H25N3O3S/c1-12-6-7-13(2)14(10-12)16-15(19)11-18(22(5,20)21)9-8-17(3)4/h6-7,10H,8-9,11H2,1-5H3,(H,16,19). The highest BCUT2D eigenvalue weighted by molar-refractivity contribution is 7.88. The Hall–Kier alpha value is -1.44. The van der Waals surface area contributed by atoms with Crippen molar-refractivity contribution in [3.8, 4) is 0 Å². The van der Waals surface area contributed by atoms with Crippen LogP contribution in [0.4, 0.5) is 5.69 Å². The Labute approximate surface area is 133 Å². The summed E-state index contributed by atoms with van der Waals surface area (Å²) in [6, 6.07) is 5.76. The van der Waals surface area contributed by atoms with Crippen LogP contribution in [0.2, 0.25) is 0 Å². The number of likely N-dealkylation sites (N-methyl/N-ethyl adjacent to an activating group) is 1. The minimum absolute atomic E-state index is 0.181. The lowest BCUT2D eigenvalue weighted by Gasteiger charge is -2.21. The highest BCUT2D eigenvalue weighted by Gasteiger charge is 2.20. The van der Waals surface area contributed by atoms with Crippen molar-refractivity contribution in [1.82, 2.24) is 9.21 Å². The van der Waals surface area contributed by atoms with E-state index in [9.17, 15) is 13.2 Å². The summed E-state index contributed by atoms with van der Waals surface area (Å²) in [7, 11) is 0.295. The Morgan fingerprint density at radius 1 is 1.18 bits per heavy atom. The number of aryl methyl sites for hydroxylation is 2. The van der Waals surface area contributed by atoms with Gasteiger partial charge in [-0.1, -0.05) is 12.1 Å². The van der Waals surface area contributed by atoms with E-state index in [1.165, 1.54) is 4.31 Å². The largest absolute Gasteiger partial charge is 0.325 e. The van der Waals surface area contributed by atoms with Crippen LogP contribution in [-0.2, 0) is 14.8 Å². The van der Waals surface area contributed by atoms with Gasteiger partial charge in [0.15, 0.2) is 0 Å². The van der Waals surface area contributed by atoms with Gasteiger partial charge < -0.3 is 10.2 Å². The summed E-state index contributed by atoms with van der Waals surface area (Å²) in [5, 5.41) is 2.78. The number of amides is 1. The van der Waals surface area contributed by atoms with Gasteiger partial charge in [0, 0.05) is 18.8 Å². The first-order chi connectivity index (χ1) is 10.1. The van der Waals surface area contributed by atoms with E-state index in [0.717, 1.165) is 17.4 Å². The molecule has 0 radical (unpaired) electrons. The van der Waals surface area contributed by atoms with E-state index >= 15 is 0 Å². The molecule has 1 N–H and O–H groups in total. The van der Waals surface area contributed by atoms with E-state index < -0.39 is 10.0 Å². The fourth-order valence-electron chi connectivity index (χ4n) is 1.89. The lowest BCUT2D eigenvalue weighted by atomic mass is 10.1. The molecule has 0 aliphatic carbocycles. The van der Waals surface area contributed by atoms with Crippen LogP contribution < -0.4 is 5.32 Å². The quantitative estimate of drug-likeness (QED) is 0.813. The number of carbonyl (C=O) groups excluding carboxylic acids is 1. The molecule has 1 aromatic rings. The molecule has 0 atom stereocenters. The fourth-order valence-corrected chi connectivity index (χ4v) is 2.66. The number of nitrogens with zero attached hydrogens (tertiary/aromatic N) is 2. The van der Waals surface area contributed by atoms with E-state index in [1.807, 2.05) is 51.0 Å². The molecule has 6 nitrogen and oxygen atoms in total. The van der Waals surface area contributed by atoms with Gasteiger partial charge in [0.2, 0.25) is 15.9 Å². The summed E-state index contributed by atoms with van der Waals surface area (Å²) in [6.07, 6.45) is 1.12. The van der Waals surface area contributed by atoms with Crippen LogP contribution in [0.15, 0.2) is 18.2 Å². The molecule has 0 aromatic heterocycles. The lowest BCUT2D eigenvalue weighted by Crippen LogP contribution is -2.41. The second-order valence-electron chi connectivity index (χ2n) is 5.77. The molecule has 0 fully saturated rings. The molecule has 0 saturated heterocycles. The molecule has 124 valence electrons. The summed E-state index contributed by atoms with van der Waals surface area (Å²) in [4.78, 5) is 14.0. The van der Waals surface area contributed by atoms with E-state index in [4.69, 9.17) is 0 Å². The number of hydrogen-bond acceptors (Lipinski definition) is 4. The van der Waals surface area contributed by atoms with Gasteiger partial charge in [0.05, 0.1) is 12.8 Å². The number of sulfonamides is 1. The molecule has 1 amide bonds. The third-order valence-corrected chi connectivity index (χ3v) is 4.50. The van der Waals surface area contributed by atoms with Gasteiger partial charge in [-0.15, -0.1) is 0 Å². The van der Waals surface area contributed by atoms with Crippen molar-refractivity contribution >= 4 is 21.6 Å². The van der Waals surface area contributed by atoms with Crippen molar-refractivity contribution in [2.75, 3.05) is 45.3 Å². The SMILES string of the molecule is Cc1ccc(C)c(NC(=O)CN(CCN(C)C)S(C)(=O)=O)c1. The molecule has 0 heterocycles. The fraction of sp³-hybridized carbons (Fsp3) is 0.533. The molecule has 1 aromatic carbocycles. The highest BCUT2D eigenvalue weighted by atomic mass is 32.2. The Kier molecular flexibility index (Phi) is 6.52. The molecule has 0 bridgehead atoms. The van der Waals surface area contributed by atoms with Gasteiger partial charge in [-0.25, -0.2) is 8.42 Å². The van der Waals surface area contributed by atoms with Crippen molar-refractivity contribution < 1.29 is 13.2 Å². The van der Waals surface area contributed by atoms with Gasteiger partial charge in [0.25, 0.3) is 0 Å². The van der Waals surface area contributed by atoms with Crippen molar-refractivity contribution in [2.45, 2.75) is 13.8 Å². The van der Waals surface area contributed by atoms with Gasteiger partial charge in [0.1, 0.15) is 0 Å². The Bertz CT molecular complexity index is 627. The predicted molar refractivity (Wildman–Crippen MR) is 89.5 cm³/mol. The first-order valence-corrected chi connectivity index (χ1v) is 8.91. The molecule has 22 heavy (non-hydrogen) atoms. The molecule has 0 spiro atoms. The molecule has 0 aliphatic rings. The third kappa shape index (κ3) is 6.13. The minimum atomic E-state index is -3.42. The topological polar surface area (TPSA) is 69.7 Å². The molecule has 7 heteroatoms. The Balaban J connectivity index is 2.77. The van der Waals surface area contributed by atoms with E-state index in [0.29, 0.717) is 12.2 Å². The van der Waals surface area contributed by atoms with Crippen molar-refractivity contribution in [2.24, 2.45) is 0 Å². The van der Waals surface area contributed by atoms with Crippen LogP contribution >= 0.6 is 0 Å². The number of nitrogens with one attached hydrogen (secondary N) is 1. The number of hydrogen-bond donors (Lipinski definition) is 1. The van der Waals surface area contributed by atoms with Crippen LogP contribution in [0.1, 0.15) is 11.1 Å². The zero-order chi connectivity index (χ0) is 16.9. The smallest absolute Gasteiger partial charge is 0.239 e. The van der Waals surface area contributed by atoms with Gasteiger partial charge >= 0.3 is 0 Å². The number of benzene rings is 1. The lowest BCUT2D eigenvalue weighted by molar-refractivity contribution is -0.116. The summed E-state index contributed by atoms with van der Waals surface area (Å²) >= 11 is 0. The van der Waals surface area contributed by atoms with Crippen LogP contribution in [0, 0.1) is 13.8 Å². The van der Waals surface area contributed by atoms with Crippen LogP contribution in [0.5, 0.6) is 0 Å². The first-order valence-electron chi connectivity index (χ1n) is 7.06. The van der Waals surface area contributed by atoms with Crippen molar-refractivity contribution in [3.63, 3.8) is 0 Å². The average molecular weight is 327 g/mol. The summed E-state index contributed by atoms with van der Waals surface area (Å²) in [5.41, 5.74) is 2.69. The van der Waals surface area contributed by atoms with E-state index in [-0.39, 0.29) is 19.0 Å². The predicted octanol–water partition coefficient (Wildman–Crippen LogP) is 1.07. The van der Waals surface area contributed by atoms with E-state index in [1.54, 1.807) is 0 Å². The minimum Gasteiger partial charge on any atom is -0.325 e. The maximum absolute atomic E-state index is 12.1. The van der Waals surface area contributed by atoms with Crippen LogP contribution in [0.3, 0.4) is 0 Å². The summed E-state index contributed by atoms with van der Waals surface area (Å²) in [6.45, 7) is 4.50. The monoisotopic (exact) mass is 327 g/mol. The Morgan fingerprint density at radius 3 is 2.36 bits per heavy atom.